The van der Waals surface area contributed by atoms with Crippen molar-refractivity contribution in [2.45, 2.75) is 25.2 Å². The van der Waals surface area contributed by atoms with Gasteiger partial charge in [-0.2, -0.15) is 13.2 Å². The molecule has 1 aromatic carbocycles. The molecule has 7 heteroatoms. The Morgan fingerprint density at radius 2 is 1.89 bits per heavy atom. The lowest BCUT2D eigenvalue weighted by molar-refractivity contribution is -0.139. The molecule has 106 valence electrons. The maximum Gasteiger partial charge on any atom is 0.416 e. The fraction of sp³-hybridized carbons (Fsp3) is 0.417. The monoisotopic (exact) mass is 276 g/mol. The molecule has 0 saturated heterocycles. The van der Waals surface area contributed by atoms with E-state index in [4.69, 9.17) is 10.8 Å². The average molecular weight is 276 g/mol. The van der Waals surface area contributed by atoms with Crippen molar-refractivity contribution in [1.29, 1.82) is 0 Å². The van der Waals surface area contributed by atoms with Crippen LogP contribution in [-0.4, -0.2) is 23.7 Å². The molecule has 0 radical (unpaired) electrons. The molecular formula is C12H15F3N2O2. The number of nitrogens with one attached hydrogen (secondary N) is 1. The molecule has 0 saturated carbocycles. The summed E-state index contributed by atoms with van der Waals surface area (Å²) in [6.45, 7) is 0.749. The maximum absolute atomic E-state index is 12.3. The maximum atomic E-state index is 12.3. The Bertz CT molecular complexity index is 418. The molecule has 1 atom stereocenters. The van der Waals surface area contributed by atoms with Gasteiger partial charge in [-0.25, -0.2) is 0 Å². The second-order valence-corrected chi connectivity index (χ2v) is 4.10. The highest BCUT2D eigenvalue weighted by Gasteiger charge is 2.29. The van der Waals surface area contributed by atoms with E-state index in [1.807, 2.05) is 0 Å². The molecular weight excluding hydrogens is 261 g/mol. The number of hydrogen-bond acceptors (Lipinski definition) is 3. The summed E-state index contributed by atoms with van der Waals surface area (Å²) >= 11 is 0. The molecule has 0 amide bonds. The summed E-state index contributed by atoms with van der Waals surface area (Å²) in [4.78, 5) is 10.4. The molecule has 0 aliphatic heterocycles. The summed E-state index contributed by atoms with van der Waals surface area (Å²) in [6.07, 6.45) is -4.07. The van der Waals surface area contributed by atoms with E-state index in [9.17, 15) is 18.0 Å². The van der Waals surface area contributed by atoms with Crippen molar-refractivity contribution in [2.24, 2.45) is 5.73 Å². The third-order valence-electron chi connectivity index (χ3n) is 2.56. The predicted molar refractivity (Wildman–Crippen MR) is 63.4 cm³/mol. The number of aliphatic carboxylic acids is 1. The normalized spacial score (nSPS) is 13.3. The van der Waals surface area contributed by atoms with Crippen LogP contribution in [0.1, 0.15) is 17.5 Å². The molecule has 0 aliphatic carbocycles. The van der Waals surface area contributed by atoms with Crippen LogP contribution in [0.15, 0.2) is 24.3 Å². The lowest BCUT2D eigenvalue weighted by Crippen LogP contribution is -2.33. The van der Waals surface area contributed by atoms with Gasteiger partial charge in [-0.1, -0.05) is 12.1 Å². The highest BCUT2D eigenvalue weighted by Crippen LogP contribution is 2.28. The van der Waals surface area contributed by atoms with Crippen molar-refractivity contribution < 1.29 is 23.1 Å². The van der Waals surface area contributed by atoms with Crippen molar-refractivity contribution in [3.8, 4) is 0 Å². The van der Waals surface area contributed by atoms with Crippen LogP contribution in [0, 0.1) is 0 Å². The van der Waals surface area contributed by atoms with Gasteiger partial charge >= 0.3 is 12.1 Å². The topological polar surface area (TPSA) is 75.3 Å². The zero-order valence-electron chi connectivity index (χ0n) is 10.1. The summed E-state index contributed by atoms with van der Waals surface area (Å²) in [5.41, 5.74) is 5.30. The Morgan fingerprint density at radius 1 is 1.32 bits per heavy atom. The van der Waals surface area contributed by atoms with Gasteiger partial charge in [-0.15, -0.1) is 0 Å². The smallest absolute Gasteiger partial charge is 0.416 e. The first kappa shape index (κ1) is 15.5. The van der Waals surface area contributed by atoms with Crippen LogP contribution in [-0.2, 0) is 17.5 Å². The molecule has 0 aromatic heterocycles. The lowest BCUT2D eigenvalue weighted by atomic mass is 10.1. The Labute approximate surface area is 108 Å². The fourth-order valence-electron chi connectivity index (χ4n) is 1.43. The van der Waals surface area contributed by atoms with Gasteiger partial charge in [0.2, 0.25) is 0 Å². The van der Waals surface area contributed by atoms with Gasteiger partial charge in [0.05, 0.1) is 5.56 Å². The summed E-state index contributed by atoms with van der Waals surface area (Å²) in [5, 5.41) is 11.5. The first-order valence-electron chi connectivity index (χ1n) is 5.66. The second kappa shape index (κ2) is 6.53. The minimum Gasteiger partial charge on any atom is -0.480 e. The summed E-state index contributed by atoms with van der Waals surface area (Å²) < 4.78 is 36.9. The molecule has 1 aromatic rings. The van der Waals surface area contributed by atoms with Gasteiger partial charge in [0.25, 0.3) is 0 Å². The third-order valence-corrected chi connectivity index (χ3v) is 2.56. The first-order valence-corrected chi connectivity index (χ1v) is 5.66. The molecule has 0 heterocycles. The van der Waals surface area contributed by atoms with Gasteiger partial charge < -0.3 is 16.2 Å². The zero-order valence-corrected chi connectivity index (χ0v) is 10.1. The van der Waals surface area contributed by atoms with E-state index in [1.165, 1.54) is 12.1 Å². The van der Waals surface area contributed by atoms with Gasteiger partial charge in [-0.05, 0) is 30.7 Å². The van der Waals surface area contributed by atoms with Crippen molar-refractivity contribution in [3.05, 3.63) is 35.4 Å². The summed E-state index contributed by atoms with van der Waals surface area (Å²) in [7, 11) is 0. The molecule has 4 nitrogen and oxygen atoms in total. The van der Waals surface area contributed by atoms with Crippen molar-refractivity contribution in [3.63, 3.8) is 0 Å². The minimum atomic E-state index is -4.33. The minimum absolute atomic E-state index is 0.260. The molecule has 0 fully saturated rings. The predicted octanol–water partition coefficient (Wildman–Crippen LogP) is 1.60. The van der Waals surface area contributed by atoms with Crippen LogP contribution in [0.5, 0.6) is 0 Å². The Morgan fingerprint density at radius 3 is 2.37 bits per heavy atom. The molecule has 0 bridgehead atoms. The quantitative estimate of drug-likeness (QED) is 0.690. The van der Waals surface area contributed by atoms with Gasteiger partial charge in [-0.3, -0.25) is 4.79 Å². The number of alkyl halides is 3. The fourth-order valence-corrected chi connectivity index (χ4v) is 1.43. The highest BCUT2D eigenvalue weighted by atomic mass is 19.4. The number of carboxylic acids is 1. The summed E-state index contributed by atoms with van der Waals surface area (Å²) in [5.74, 6) is -1.07. The van der Waals surface area contributed by atoms with Crippen LogP contribution in [0.4, 0.5) is 13.2 Å². The molecule has 4 N–H and O–H groups in total. The molecule has 1 rings (SSSR count). The number of benzene rings is 1. The van der Waals surface area contributed by atoms with Crippen LogP contribution < -0.4 is 11.1 Å². The van der Waals surface area contributed by atoms with Crippen LogP contribution in [0.3, 0.4) is 0 Å². The Hall–Kier alpha value is -1.60. The summed E-state index contributed by atoms with van der Waals surface area (Å²) in [6, 6.07) is 3.86. The van der Waals surface area contributed by atoms with Crippen molar-refractivity contribution >= 4 is 5.97 Å². The Balaban J connectivity index is 2.37. The van der Waals surface area contributed by atoms with E-state index in [2.05, 4.69) is 5.32 Å². The largest absolute Gasteiger partial charge is 0.480 e. The highest BCUT2D eigenvalue weighted by molar-refractivity contribution is 5.72. The van der Waals surface area contributed by atoms with Crippen molar-refractivity contribution in [1.82, 2.24) is 5.32 Å². The zero-order chi connectivity index (χ0) is 14.5. The van der Waals surface area contributed by atoms with E-state index in [0.29, 0.717) is 18.7 Å². The number of hydrogen-bond donors (Lipinski definition) is 3. The van der Waals surface area contributed by atoms with E-state index >= 15 is 0 Å². The number of carbonyl (C=O) groups is 1. The van der Waals surface area contributed by atoms with E-state index in [0.717, 1.165) is 12.1 Å². The van der Waals surface area contributed by atoms with Crippen LogP contribution in [0.25, 0.3) is 0 Å². The lowest BCUT2D eigenvalue weighted by Gasteiger charge is -2.09. The Kier molecular flexibility index (Phi) is 5.31. The molecule has 0 spiro atoms. The molecule has 19 heavy (non-hydrogen) atoms. The average Bonchev–Trinajstić information content (AvgIpc) is 2.33. The van der Waals surface area contributed by atoms with Gasteiger partial charge in [0.15, 0.2) is 0 Å². The van der Waals surface area contributed by atoms with Crippen molar-refractivity contribution in [2.75, 3.05) is 6.54 Å². The van der Waals surface area contributed by atoms with Crippen LogP contribution >= 0.6 is 0 Å². The molecule has 1 unspecified atom stereocenters. The number of rotatable bonds is 6. The standard InChI is InChI=1S/C12H15F3N2O2/c13-12(14,15)9-3-1-8(2-4-9)7-17-6-5-10(16)11(18)19/h1-4,10,17H,5-7,16H2,(H,18,19). The van der Waals surface area contributed by atoms with Gasteiger partial charge in [0, 0.05) is 6.54 Å². The molecule has 0 aliphatic rings. The van der Waals surface area contributed by atoms with Gasteiger partial charge in [0.1, 0.15) is 6.04 Å². The van der Waals surface area contributed by atoms with E-state index in [-0.39, 0.29) is 6.42 Å². The SMILES string of the molecule is NC(CCNCc1ccc(C(F)(F)F)cc1)C(=O)O. The van der Waals surface area contributed by atoms with E-state index < -0.39 is 23.8 Å². The first-order chi connectivity index (χ1) is 8.80. The number of carboxylic acid groups (broad SMARTS) is 1. The third kappa shape index (κ3) is 5.27. The number of halogens is 3. The van der Waals surface area contributed by atoms with Crippen LogP contribution in [0.2, 0.25) is 0 Å². The van der Waals surface area contributed by atoms with E-state index in [1.54, 1.807) is 0 Å². The number of nitrogens with two attached hydrogens (primary N) is 1. The second-order valence-electron chi connectivity index (χ2n) is 4.10.